The maximum absolute atomic E-state index is 11.2. The number of carbonyl (C=O) groups excluding carboxylic acids is 1. The molecule has 0 aliphatic carbocycles. The Labute approximate surface area is 101 Å². The third kappa shape index (κ3) is 4.18. The predicted molar refractivity (Wildman–Crippen MR) is 67.0 cm³/mol. The molecule has 92 valence electrons. The monoisotopic (exact) mass is 235 g/mol. The first-order valence-corrected chi connectivity index (χ1v) is 5.42. The van der Waals surface area contributed by atoms with Crippen LogP contribution in [-0.4, -0.2) is 19.7 Å². The smallest absolute Gasteiger partial charge is 0.332 e. The third-order valence-corrected chi connectivity index (χ3v) is 2.06. The Hall–Kier alpha value is -1.97. The van der Waals surface area contributed by atoms with Crippen molar-refractivity contribution in [3.63, 3.8) is 0 Å². The minimum atomic E-state index is -0.354. The molecule has 0 spiro atoms. The maximum atomic E-state index is 11.2. The molecule has 0 aromatic heterocycles. The van der Waals surface area contributed by atoms with Crippen LogP contribution in [0.3, 0.4) is 0 Å². The highest BCUT2D eigenvalue weighted by Crippen LogP contribution is 2.24. The molecule has 1 aromatic rings. The van der Waals surface area contributed by atoms with Crippen LogP contribution in [0, 0.1) is 0 Å². The first-order valence-electron chi connectivity index (χ1n) is 5.42. The van der Waals surface area contributed by atoms with E-state index in [1.807, 2.05) is 24.3 Å². The van der Waals surface area contributed by atoms with E-state index >= 15 is 0 Å². The molecule has 0 aliphatic heterocycles. The minimum absolute atomic E-state index is 0.354. The second kappa shape index (κ2) is 6.58. The van der Waals surface area contributed by atoms with Crippen molar-refractivity contribution in [1.82, 2.24) is 0 Å². The Kier molecular flexibility index (Phi) is 5.07. The van der Waals surface area contributed by atoms with Crippen molar-refractivity contribution < 1.29 is 14.3 Å². The van der Waals surface area contributed by atoms with Crippen LogP contribution in [0.4, 0.5) is 5.69 Å². The predicted octanol–water partition coefficient (Wildman–Crippen LogP) is 2.57. The van der Waals surface area contributed by atoms with Gasteiger partial charge in [-0.2, -0.15) is 0 Å². The molecule has 4 nitrogen and oxygen atoms in total. The van der Waals surface area contributed by atoms with Crippen LogP contribution in [0.5, 0.6) is 5.75 Å². The Morgan fingerprint density at radius 1 is 1.41 bits per heavy atom. The molecule has 1 rings (SSSR count). The first-order chi connectivity index (χ1) is 8.17. The number of allylic oxidation sites excluding steroid dienone is 1. The van der Waals surface area contributed by atoms with Gasteiger partial charge in [-0.3, -0.25) is 0 Å². The molecule has 0 bridgehead atoms. The lowest BCUT2D eigenvalue weighted by molar-refractivity contribution is -0.137. The van der Waals surface area contributed by atoms with Gasteiger partial charge in [0.05, 0.1) is 19.4 Å². The summed E-state index contributed by atoms with van der Waals surface area (Å²) in [5.41, 5.74) is 1.51. The van der Waals surface area contributed by atoms with Gasteiger partial charge in [-0.05, 0) is 26.0 Å². The zero-order chi connectivity index (χ0) is 12.7. The minimum Gasteiger partial charge on any atom is -0.495 e. The van der Waals surface area contributed by atoms with Gasteiger partial charge in [-0.25, -0.2) is 4.79 Å². The number of ether oxygens (including phenoxy) is 2. The largest absolute Gasteiger partial charge is 0.495 e. The van der Waals surface area contributed by atoms with Gasteiger partial charge in [0.25, 0.3) is 0 Å². The number of rotatable bonds is 5. The lowest BCUT2D eigenvalue weighted by Crippen LogP contribution is -2.04. The number of benzene rings is 1. The Balaban J connectivity index is 2.73. The number of methoxy groups -OCH3 is 1. The van der Waals surface area contributed by atoms with E-state index in [1.54, 1.807) is 21.0 Å². The highest BCUT2D eigenvalue weighted by molar-refractivity contribution is 5.83. The van der Waals surface area contributed by atoms with E-state index < -0.39 is 0 Å². The van der Waals surface area contributed by atoms with Crippen molar-refractivity contribution in [2.24, 2.45) is 0 Å². The quantitative estimate of drug-likeness (QED) is 0.629. The number of anilines is 1. The molecule has 17 heavy (non-hydrogen) atoms. The van der Waals surface area contributed by atoms with Crippen LogP contribution < -0.4 is 10.1 Å². The molecule has 0 heterocycles. The molecule has 0 radical (unpaired) electrons. The average molecular weight is 235 g/mol. The summed E-state index contributed by atoms with van der Waals surface area (Å²) >= 11 is 0. The van der Waals surface area contributed by atoms with Crippen molar-refractivity contribution in [1.29, 1.82) is 0 Å². The SMILES string of the molecule is CCOC(=O)/C=C(/C)Nc1ccccc1OC. The lowest BCUT2D eigenvalue weighted by Gasteiger charge is -2.10. The molecular weight excluding hydrogens is 218 g/mol. The van der Waals surface area contributed by atoms with E-state index in [0.717, 1.165) is 11.4 Å². The fourth-order valence-corrected chi connectivity index (χ4v) is 1.36. The second-order valence-electron chi connectivity index (χ2n) is 3.40. The van der Waals surface area contributed by atoms with E-state index in [1.165, 1.54) is 6.08 Å². The van der Waals surface area contributed by atoms with Crippen LogP contribution >= 0.6 is 0 Å². The van der Waals surface area contributed by atoms with Gasteiger partial charge in [0, 0.05) is 11.8 Å². The summed E-state index contributed by atoms with van der Waals surface area (Å²) in [6.07, 6.45) is 1.41. The van der Waals surface area contributed by atoms with Gasteiger partial charge in [0.2, 0.25) is 0 Å². The van der Waals surface area contributed by atoms with Gasteiger partial charge in [-0.15, -0.1) is 0 Å². The Morgan fingerprint density at radius 3 is 2.76 bits per heavy atom. The molecule has 0 amide bonds. The van der Waals surface area contributed by atoms with E-state index in [9.17, 15) is 4.79 Å². The van der Waals surface area contributed by atoms with Crippen molar-refractivity contribution in [2.45, 2.75) is 13.8 Å². The van der Waals surface area contributed by atoms with E-state index in [4.69, 9.17) is 9.47 Å². The van der Waals surface area contributed by atoms with Gasteiger partial charge < -0.3 is 14.8 Å². The molecule has 0 fully saturated rings. The molecule has 0 unspecified atom stereocenters. The summed E-state index contributed by atoms with van der Waals surface area (Å²) < 4.78 is 10.0. The van der Waals surface area contributed by atoms with Gasteiger partial charge in [0.1, 0.15) is 5.75 Å². The highest BCUT2D eigenvalue weighted by Gasteiger charge is 2.03. The average Bonchev–Trinajstić information content (AvgIpc) is 2.29. The van der Waals surface area contributed by atoms with Gasteiger partial charge in [0.15, 0.2) is 0 Å². The van der Waals surface area contributed by atoms with Crippen molar-refractivity contribution in [3.05, 3.63) is 36.0 Å². The fraction of sp³-hybridized carbons (Fsp3) is 0.308. The number of para-hydroxylation sites is 2. The summed E-state index contributed by atoms with van der Waals surface area (Å²) in [5.74, 6) is 0.372. The number of hydrogen-bond acceptors (Lipinski definition) is 4. The molecule has 4 heteroatoms. The van der Waals surface area contributed by atoms with Crippen LogP contribution in [0.15, 0.2) is 36.0 Å². The highest BCUT2D eigenvalue weighted by atomic mass is 16.5. The van der Waals surface area contributed by atoms with E-state index in [0.29, 0.717) is 12.3 Å². The number of carbonyl (C=O) groups is 1. The summed E-state index contributed by atoms with van der Waals surface area (Å²) in [7, 11) is 1.60. The zero-order valence-corrected chi connectivity index (χ0v) is 10.3. The van der Waals surface area contributed by atoms with Crippen molar-refractivity contribution in [3.8, 4) is 5.75 Å². The van der Waals surface area contributed by atoms with Gasteiger partial charge >= 0.3 is 5.97 Å². The number of hydrogen-bond donors (Lipinski definition) is 1. The standard InChI is InChI=1S/C13H17NO3/c1-4-17-13(15)9-10(2)14-11-7-5-6-8-12(11)16-3/h5-9,14H,4H2,1-3H3/b10-9-. The molecular formula is C13H17NO3. The first kappa shape index (κ1) is 13.1. The molecule has 0 saturated carbocycles. The number of esters is 1. The van der Waals surface area contributed by atoms with E-state index in [-0.39, 0.29) is 5.97 Å². The van der Waals surface area contributed by atoms with Crippen LogP contribution in [-0.2, 0) is 9.53 Å². The zero-order valence-electron chi connectivity index (χ0n) is 10.3. The van der Waals surface area contributed by atoms with Crippen LogP contribution in [0.1, 0.15) is 13.8 Å². The fourth-order valence-electron chi connectivity index (χ4n) is 1.36. The summed E-state index contributed by atoms with van der Waals surface area (Å²) in [4.78, 5) is 11.2. The molecule has 0 saturated heterocycles. The van der Waals surface area contributed by atoms with Crippen molar-refractivity contribution >= 4 is 11.7 Å². The van der Waals surface area contributed by atoms with Gasteiger partial charge in [-0.1, -0.05) is 12.1 Å². The summed E-state index contributed by atoms with van der Waals surface area (Å²) in [6.45, 7) is 3.94. The molecule has 0 aliphatic rings. The summed E-state index contributed by atoms with van der Waals surface area (Å²) in [6, 6.07) is 7.50. The van der Waals surface area contributed by atoms with Crippen LogP contribution in [0.25, 0.3) is 0 Å². The third-order valence-electron chi connectivity index (χ3n) is 2.06. The Morgan fingerprint density at radius 2 is 2.12 bits per heavy atom. The lowest BCUT2D eigenvalue weighted by atomic mass is 10.3. The van der Waals surface area contributed by atoms with Crippen LogP contribution in [0.2, 0.25) is 0 Å². The number of nitrogens with one attached hydrogen (secondary N) is 1. The van der Waals surface area contributed by atoms with E-state index in [2.05, 4.69) is 5.32 Å². The molecule has 0 atom stereocenters. The van der Waals surface area contributed by atoms with Crippen molar-refractivity contribution in [2.75, 3.05) is 19.0 Å². The molecule has 1 N–H and O–H groups in total. The second-order valence-corrected chi connectivity index (χ2v) is 3.40. The topological polar surface area (TPSA) is 47.6 Å². The summed E-state index contributed by atoms with van der Waals surface area (Å²) in [5, 5.41) is 3.09. The molecule has 1 aromatic carbocycles. The Bertz CT molecular complexity index is 413. The maximum Gasteiger partial charge on any atom is 0.332 e. The normalized spacial score (nSPS) is 10.9.